The average molecular weight is 251 g/mol. The maximum absolute atomic E-state index is 13.1. The molecule has 1 aliphatic rings. The molecule has 1 aromatic rings. The van der Waals surface area contributed by atoms with Crippen molar-refractivity contribution < 1.29 is 9.50 Å². The van der Waals surface area contributed by atoms with Crippen molar-refractivity contribution >= 4 is 0 Å². The van der Waals surface area contributed by atoms with Crippen LogP contribution in [0.5, 0.6) is 0 Å². The quantitative estimate of drug-likeness (QED) is 0.862. The molecule has 3 atom stereocenters. The largest absolute Gasteiger partial charge is 0.392 e. The van der Waals surface area contributed by atoms with E-state index in [-0.39, 0.29) is 24.0 Å². The van der Waals surface area contributed by atoms with Crippen LogP contribution in [0.4, 0.5) is 4.39 Å². The van der Waals surface area contributed by atoms with Gasteiger partial charge < -0.3 is 10.4 Å². The van der Waals surface area contributed by atoms with E-state index in [1.165, 1.54) is 12.5 Å². The third kappa shape index (κ3) is 3.79. The van der Waals surface area contributed by atoms with Gasteiger partial charge >= 0.3 is 0 Å². The fraction of sp³-hybridized carbons (Fsp3) is 0.600. The van der Waals surface area contributed by atoms with Gasteiger partial charge in [0.05, 0.1) is 6.10 Å². The van der Waals surface area contributed by atoms with Crippen molar-refractivity contribution in [1.82, 2.24) is 5.32 Å². The molecule has 0 aromatic heterocycles. The first-order chi connectivity index (χ1) is 8.65. The van der Waals surface area contributed by atoms with Crippen molar-refractivity contribution in [3.63, 3.8) is 0 Å². The Labute approximate surface area is 108 Å². The van der Waals surface area contributed by atoms with Gasteiger partial charge in [-0.1, -0.05) is 25.0 Å². The zero-order valence-electron chi connectivity index (χ0n) is 10.9. The molecule has 1 fully saturated rings. The zero-order valence-corrected chi connectivity index (χ0v) is 10.9. The molecule has 0 aliphatic heterocycles. The Kier molecular flexibility index (Phi) is 4.72. The zero-order chi connectivity index (χ0) is 13.0. The predicted octanol–water partition coefficient (Wildman–Crippen LogP) is 2.65. The van der Waals surface area contributed by atoms with Crippen molar-refractivity contribution in [2.75, 3.05) is 0 Å². The molecular weight excluding hydrogens is 229 g/mol. The maximum Gasteiger partial charge on any atom is 0.123 e. The minimum atomic E-state index is -0.228. The minimum Gasteiger partial charge on any atom is -0.392 e. The fourth-order valence-electron chi connectivity index (χ4n) is 2.75. The number of benzene rings is 1. The van der Waals surface area contributed by atoms with Gasteiger partial charge in [-0.25, -0.2) is 4.39 Å². The van der Waals surface area contributed by atoms with Crippen LogP contribution in [0.25, 0.3) is 0 Å². The van der Waals surface area contributed by atoms with E-state index >= 15 is 0 Å². The number of aliphatic hydroxyl groups excluding tert-OH is 1. The highest BCUT2D eigenvalue weighted by Gasteiger charge is 2.23. The molecule has 2 nitrogen and oxygen atoms in total. The lowest BCUT2D eigenvalue weighted by molar-refractivity contribution is 0.0859. The summed E-state index contributed by atoms with van der Waals surface area (Å²) in [6.07, 6.45) is 4.80. The Hall–Kier alpha value is -0.930. The Morgan fingerprint density at radius 3 is 2.89 bits per heavy atom. The van der Waals surface area contributed by atoms with Gasteiger partial charge in [0, 0.05) is 12.1 Å². The number of halogens is 1. The van der Waals surface area contributed by atoms with Crippen LogP contribution in [0.3, 0.4) is 0 Å². The Morgan fingerprint density at radius 2 is 2.17 bits per heavy atom. The van der Waals surface area contributed by atoms with Crippen molar-refractivity contribution in [3.05, 3.63) is 35.6 Å². The molecule has 0 heterocycles. The van der Waals surface area contributed by atoms with Gasteiger partial charge in [0.1, 0.15) is 5.82 Å². The maximum atomic E-state index is 13.1. The van der Waals surface area contributed by atoms with E-state index in [0.29, 0.717) is 0 Å². The van der Waals surface area contributed by atoms with Crippen LogP contribution in [0.15, 0.2) is 24.3 Å². The lowest BCUT2D eigenvalue weighted by atomic mass is 9.91. The summed E-state index contributed by atoms with van der Waals surface area (Å²) >= 11 is 0. The van der Waals surface area contributed by atoms with E-state index in [2.05, 4.69) is 12.2 Å². The van der Waals surface area contributed by atoms with E-state index in [1.54, 1.807) is 12.1 Å². The normalized spacial score (nSPS) is 25.9. The van der Waals surface area contributed by atoms with Crippen LogP contribution in [-0.2, 0) is 6.42 Å². The van der Waals surface area contributed by atoms with Gasteiger partial charge in [-0.3, -0.25) is 0 Å². The Morgan fingerprint density at radius 1 is 1.39 bits per heavy atom. The Bertz CT molecular complexity index is 383. The molecule has 1 aliphatic carbocycles. The monoisotopic (exact) mass is 251 g/mol. The molecule has 3 heteroatoms. The summed E-state index contributed by atoms with van der Waals surface area (Å²) < 4.78 is 13.1. The smallest absolute Gasteiger partial charge is 0.123 e. The minimum absolute atomic E-state index is 0.183. The van der Waals surface area contributed by atoms with Crippen LogP contribution >= 0.6 is 0 Å². The average Bonchev–Trinajstić information content (AvgIpc) is 2.32. The number of hydrogen-bond acceptors (Lipinski definition) is 2. The predicted molar refractivity (Wildman–Crippen MR) is 71.0 cm³/mol. The highest BCUT2D eigenvalue weighted by Crippen LogP contribution is 2.19. The Balaban J connectivity index is 1.86. The first-order valence-electron chi connectivity index (χ1n) is 6.83. The van der Waals surface area contributed by atoms with Gasteiger partial charge in [0.25, 0.3) is 0 Å². The third-order valence-electron chi connectivity index (χ3n) is 3.66. The number of nitrogens with one attached hydrogen (secondary N) is 1. The molecule has 100 valence electrons. The molecule has 3 unspecified atom stereocenters. The lowest BCUT2D eigenvalue weighted by Crippen LogP contribution is -2.46. The second-order valence-electron chi connectivity index (χ2n) is 5.36. The van der Waals surface area contributed by atoms with Crippen LogP contribution in [0.2, 0.25) is 0 Å². The van der Waals surface area contributed by atoms with Crippen molar-refractivity contribution in [2.24, 2.45) is 0 Å². The molecule has 0 saturated heterocycles. The lowest BCUT2D eigenvalue weighted by Gasteiger charge is -2.31. The highest BCUT2D eigenvalue weighted by molar-refractivity contribution is 5.17. The summed E-state index contributed by atoms with van der Waals surface area (Å²) in [4.78, 5) is 0. The number of hydrogen-bond donors (Lipinski definition) is 2. The molecule has 1 aromatic carbocycles. The van der Waals surface area contributed by atoms with Crippen LogP contribution in [0.1, 0.15) is 38.2 Å². The van der Waals surface area contributed by atoms with E-state index in [9.17, 15) is 9.50 Å². The summed E-state index contributed by atoms with van der Waals surface area (Å²) in [7, 11) is 0. The molecule has 1 saturated carbocycles. The van der Waals surface area contributed by atoms with Gasteiger partial charge in [0.15, 0.2) is 0 Å². The van der Waals surface area contributed by atoms with E-state index in [1.807, 2.05) is 6.07 Å². The second-order valence-corrected chi connectivity index (χ2v) is 5.36. The van der Waals surface area contributed by atoms with E-state index < -0.39 is 0 Å². The van der Waals surface area contributed by atoms with Crippen molar-refractivity contribution in [2.45, 2.75) is 57.2 Å². The fourth-order valence-corrected chi connectivity index (χ4v) is 2.75. The second kappa shape index (κ2) is 6.30. The SMILES string of the molecule is CC(Cc1cccc(F)c1)NC1CCCCC1O. The highest BCUT2D eigenvalue weighted by atomic mass is 19.1. The van der Waals surface area contributed by atoms with Crippen LogP contribution in [0, 0.1) is 5.82 Å². The molecule has 0 radical (unpaired) electrons. The number of rotatable bonds is 4. The summed E-state index contributed by atoms with van der Waals surface area (Å²) in [5.74, 6) is -0.183. The molecule has 0 amide bonds. The molecular formula is C15H22FNO. The summed E-state index contributed by atoms with van der Waals surface area (Å²) in [6.45, 7) is 2.09. The topological polar surface area (TPSA) is 32.3 Å². The van der Waals surface area contributed by atoms with Gasteiger partial charge in [-0.05, 0) is 43.9 Å². The summed E-state index contributed by atoms with van der Waals surface area (Å²) in [5, 5.41) is 13.4. The standard InChI is InChI=1S/C15H22FNO/c1-11(9-12-5-4-6-13(16)10-12)17-14-7-2-3-8-15(14)18/h4-6,10-11,14-15,17-18H,2-3,7-9H2,1H3. The summed E-state index contributed by atoms with van der Waals surface area (Å²) in [6, 6.07) is 7.18. The van der Waals surface area contributed by atoms with Crippen LogP contribution in [-0.4, -0.2) is 23.3 Å². The molecule has 0 spiro atoms. The first kappa shape index (κ1) is 13.5. The summed E-state index contributed by atoms with van der Waals surface area (Å²) in [5.41, 5.74) is 1.00. The number of aliphatic hydroxyl groups is 1. The first-order valence-corrected chi connectivity index (χ1v) is 6.83. The van der Waals surface area contributed by atoms with Gasteiger partial charge in [-0.15, -0.1) is 0 Å². The molecule has 0 bridgehead atoms. The van der Waals surface area contributed by atoms with E-state index in [4.69, 9.17) is 0 Å². The molecule has 2 N–H and O–H groups in total. The van der Waals surface area contributed by atoms with Gasteiger partial charge in [0.2, 0.25) is 0 Å². The van der Waals surface area contributed by atoms with Crippen molar-refractivity contribution in [1.29, 1.82) is 0 Å². The van der Waals surface area contributed by atoms with Crippen molar-refractivity contribution in [3.8, 4) is 0 Å². The van der Waals surface area contributed by atoms with Crippen LogP contribution < -0.4 is 5.32 Å². The molecule has 18 heavy (non-hydrogen) atoms. The molecule has 2 rings (SSSR count). The van der Waals surface area contributed by atoms with Gasteiger partial charge in [-0.2, -0.15) is 0 Å². The third-order valence-corrected chi connectivity index (χ3v) is 3.66. The van der Waals surface area contributed by atoms with E-state index in [0.717, 1.165) is 31.2 Å².